The van der Waals surface area contributed by atoms with Crippen LogP contribution in [-0.2, 0) is 24.4 Å². The van der Waals surface area contributed by atoms with Crippen LogP contribution < -0.4 is 0 Å². The van der Waals surface area contributed by atoms with E-state index < -0.39 is 11.7 Å². The first-order valence-electron chi connectivity index (χ1n) is 9.66. The van der Waals surface area contributed by atoms with E-state index in [1.165, 1.54) is 6.07 Å². The Bertz CT molecular complexity index is 1150. The maximum Gasteiger partial charge on any atom is 0.416 e. The molecule has 0 aliphatic carbocycles. The summed E-state index contributed by atoms with van der Waals surface area (Å²) < 4.78 is 46.3. The molecular weight excluding hydrogens is 452 g/mol. The molecule has 1 aromatic heterocycles. The molecule has 2 heterocycles. The molecule has 1 aliphatic heterocycles. The van der Waals surface area contributed by atoms with E-state index in [9.17, 15) is 18.0 Å². The van der Waals surface area contributed by atoms with E-state index in [4.69, 9.17) is 27.9 Å². The van der Waals surface area contributed by atoms with Crippen LogP contribution in [-0.4, -0.2) is 41.7 Å². The fraction of sp³-hybridized carbons (Fsp3) is 0.318. The highest BCUT2D eigenvalue weighted by atomic mass is 35.5. The SMILES string of the molecule is Cn1c(Cc2c(Cl)ccc(C(=O)N3CCOCC3)c2Cl)cc2cc(C(F)(F)F)ccc21. The number of fused-ring (bicyclic) bond motifs is 1. The molecule has 0 unspecified atom stereocenters. The standard InChI is InChI=1S/C22H19Cl2F3N2O2/c1-28-15(11-13-10-14(22(25,26)27)2-5-19(13)28)12-17-18(23)4-3-16(20(17)24)21(30)29-6-8-31-9-7-29/h2-5,10-11H,6-9,12H2,1H3. The molecule has 0 saturated carbocycles. The molecule has 0 bridgehead atoms. The number of aryl methyl sites for hydroxylation is 1. The number of carbonyl (C=O) groups is 1. The molecule has 0 N–H and O–H groups in total. The summed E-state index contributed by atoms with van der Waals surface area (Å²) >= 11 is 13.0. The molecule has 2 aromatic carbocycles. The fourth-order valence-electron chi connectivity index (χ4n) is 3.80. The number of hydrogen-bond donors (Lipinski definition) is 0. The van der Waals surface area contributed by atoms with E-state index in [-0.39, 0.29) is 17.4 Å². The molecule has 0 spiro atoms. The quantitative estimate of drug-likeness (QED) is 0.501. The second kappa shape index (κ2) is 8.37. The van der Waals surface area contributed by atoms with E-state index in [1.54, 1.807) is 34.7 Å². The van der Waals surface area contributed by atoms with Gasteiger partial charge in [0, 0.05) is 48.2 Å². The summed E-state index contributed by atoms with van der Waals surface area (Å²) in [5.41, 5.74) is 1.60. The third-order valence-electron chi connectivity index (χ3n) is 5.54. The van der Waals surface area contributed by atoms with Crippen molar-refractivity contribution in [1.82, 2.24) is 9.47 Å². The van der Waals surface area contributed by atoms with Crippen molar-refractivity contribution < 1.29 is 22.7 Å². The Morgan fingerprint density at radius 3 is 2.48 bits per heavy atom. The Morgan fingerprint density at radius 1 is 1.10 bits per heavy atom. The second-order valence-electron chi connectivity index (χ2n) is 7.43. The minimum Gasteiger partial charge on any atom is -0.378 e. The maximum absolute atomic E-state index is 13.1. The smallest absolute Gasteiger partial charge is 0.378 e. The first kappa shape index (κ1) is 22.0. The van der Waals surface area contributed by atoms with E-state index in [2.05, 4.69) is 0 Å². The highest BCUT2D eigenvalue weighted by Gasteiger charge is 2.31. The average Bonchev–Trinajstić information content (AvgIpc) is 3.05. The van der Waals surface area contributed by atoms with Gasteiger partial charge < -0.3 is 14.2 Å². The molecule has 1 aliphatic rings. The Kier molecular flexibility index (Phi) is 5.94. The van der Waals surface area contributed by atoms with E-state index in [0.717, 1.165) is 17.8 Å². The summed E-state index contributed by atoms with van der Waals surface area (Å²) in [7, 11) is 1.77. The fourth-order valence-corrected chi connectivity index (χ4v) is 4.38. The van der Waals surface area contributed by atoms with Crippen LogP contribution >= 0.6 is 23.2 Å². The summed E-state index contributed by atoms with van der Waals surface area (Å²) in [5.74, 6) is -0.196. The van der Waals surface area contributed by atoms with E-state index in [1.807, 2.05) is 0 Å². The van der Waals surface area contributed by atoms with Gasteiger partial charge in [0.05, 0.1) is 29.4 Å². The van der Waals surface area contributed by atoms with Gasteiger partial charge in [-0.25, -0.2) is 0 Å². The molecule has 9 heteroatoms. The number of nitrogens with zero attached hydrogens (tertiary/aromatic N) is 2. The van der Waals surface area contributed by atoms with Crippen LogP contribution in [0.4, 0.5) is 13.2 Å². The van der Waals surface area contributed by atoms with Crippen LogP contribution in [0.3, 0.4) is 0 Å². The van der Waals surface area contributed by atoms with Gasteiger partial charge in [-0.05, 0) is 42.0 Å². The molecular formula is C22H19Cl2F3N2O2. The van der Waals surface area contributed by atoms with Crippen LogP contribution in [0.2, 0.25) is 10.0 Å². The number of benzene rings is 2. The van der Waals surface area contributed by atoms with E-state index >= 15 is 0 Å². The van der Waals surface area contributed by atoms with Crippen LogP contribution in [0.5, 0.6) is 0 Å². The summed E-state index contributed by atoms with van der Waals surface area (Å²) in [6.45, 7) is 1.91. The topological polar surface area (TPSA) is 34.5 Å². The van der Waals surface area contributed by atoms with Crippen molar-refractivity contribution in [3.05, 3.63) is 68.8 Å². The lowest BCUT2D eigenvalue weighted by Crippen LogP contribution is -2.40. The number of amides is 1. The van der Waals surface area contributed by atoms with Crippen molar-refractivity contribution in [2.45, 2.75) is 12.6 Å². The van der Waals surface area contributed by atoms with Gasteiger partial charge in [-0.2, -0.15) is 13.2 Å². The highest BCUT2D eigenvalue weighted by Crippen LogP contribution is 2.35. The van der Waals surface area contributed by atoms with Gasteiger partial charge in [0.15, 0.2) is 0 Å². The molecule has 4 nitrogen and oxygen atoms in total. The molecule has 0 atom stereocenters. The van der Waals surface area contributed by atoms with Gasteiger partial charge in [0.25, 0.3) is 5.91 Å². The lowest BCUT2D eigenvalue weighted by Gasteiger charge is -2.27. The molecule has 3 aromatic rings. The minimum absolute atomic E-state index is 0.196. The average molecular weight is 471 g/mol. The second-order valence-corrected chi connectivity index (χ2v) is 8.22. The number of ether oxygens (including phenoxy) is 1. The van der Waals surface area contributed by atoms with Crippen molar-refractivity contribution in [1.29, 1.82) is 0 Å². The van der Waals surface area contributed by atoms with Crippen LogP contribution in [0, 0.1) is 0 Å². The van der Waals surface area contributed by atoms with Crippen molar-refractivity contribution in [3.63, 3.8) is 0 Å². The van der Waals surface area contributed by atoms with Gasteiger partial charge in [-0.1, -0.05) is 23.2 Å². The number of aromatic nitrogens is 1. The Labute approximate surface area is 187 Å². The molecule has 1 saturated heterocycles. The largest absolute Gasteiger partial charge is 0.416 e. The molecule has 31 heavy (non-hydrogen) atoms. The molecule has 4 rings (SSSR count). The molecule has 0 radical (unpaired) electrons. The third kappa shape index (κ3) is 4.27. The monoisotopic (exact) mass is 470 g/mol. The number of alkyl halides is 3. The molecule has 1 fully saturated rings. The Morgan fingerprint density at radius 2 is 1.81 bits per heavy atom. The number of rotatable bonds is 3. The minimum atomic E-state index is -4.41. The van der Waals surface area contributed by atoms with Gasteiger partial charge in [-0.3, -0.25) is 4.79 Å². The lowest BCUT2D eigenvalue weighted by molar-refractivity contribution is -0.137. The molecule has 1 amide bonds. The third-order valence-corrected chi connectivity index (χ3v) is 6.33. The highest BCUT2D eigenvalue weighted by molar-refractivity contribution is 6.38. The van der Waals surface area contributed by atoms with Gasteiger partial charge in [0.1, 0.15) is 0 Å². The zero-order valence-corrected chi connectivity index (χ0v) is 18.1. The summed E-state index contributed by atoms with van der Waals surface area (Å²) in [5, 5.41) is 1.12. The van der Waals surface area contributed by atoms with Crippen LogP contribution in [0.25, 0.3) is 10.9 Å². The summed E-state index contributed by atoms with van der Waals surface area (Å²) in [4.78, 5) is 14.6. The van der Waals surface area contributed by atoms with Crippen molar-refractivity contribution in [3.8, 4) is 0 Å². The number of halogens is 5. The van der Waals surface area contributed by atoms with Gasteiger partial charge in [-0.15, -0.1) is 0 Å². The van der Waals surface area contributed by atoms with Gasteiger partial charge >= 0.3 is 6.18 Å². The lowest BCUT2D eigenvalue weighted by atomic mass is 10.0. The molecule has 164 valence electrons. The zero-order valence-electron chi connectivity index (χ0n) is 16.6. The van der Waals surface area contributed by atoms with Crippen LogP contribution in [0.1, 0.15) is 27.2 Å². The Hall–Kier alpha value is -2.22. The van der Waals surface area contributed by atoms with E-state index in [0.29, 0.717) is 53.4 Å². The van der Waals surface area contributed by atoms with Crippen molar-refractivity contribution >= 4 is 40.0 Å². The predicted octanol–water partition coefficient (Wildman–Crippen LogP) is 5.57. The van der Waals surface area contributed by atoms with Crippen molar-refractivity contribution in [2.24, 2.45) is 7.05 Å². The first-order valence-corrected chi connectivity index (χ1v) is 10.4. The maximum atomic E-state index is 13.1. The summed E-state index contributed by atoms with van der Waals surface area (Å²) in [6.07, 6.45) is -4.14. The Balaban J connectivity index is 1.70. The predicted molar refractivity (Wildman–Crippen MR) is 114 cm³/mol. The van der Waals surface area contributed by atoms with Crippen LogP contribution in [0.15, 0.2) is 36.4 Å². The number of carbonyl (C=O) groups excluding carboxylic acids is 1. The number of hydrogen-bond acceptors (Lipinski definition) is 2. The normalized spacial score (nSPS) is 15.0. The number of morpholine rings is 1. The van der Waals surface area contributed by atoms with Crippen molar-refractivity contribution in [2.75, 3.05) is 26.3 Å². The summed E-state index contributed by atoms with van der Waals surface area (Å²) in [6, 6.07) is 8.55. The first-order chi connectivity index (χ1) is 14.7. The van der Waals surface area contributed by atoms with Gasteiger partial charge in [0.2, 0.25) is 0 Å². The zero-order chi connectivity index (χ0) is 22.3.